The SMILES string of the molecule is CN1CCC(N(Cc2ccncc2)C(=O)[C@@H]2Cc3ccccc3S2)CC1. The van der Waals surface area contributed by atoms with Crippen molar-refractivity contribution in [3.63, 3.8) is 0 Å². The Morgan fingerprint density at radius 3 is 2.65 bits per heavy atom. The molecule has 0 N–H and O–H groups in total. The van der Waals surface area contributed by atoms with Gasteiger partial charge in [-0.05, 0) is 68.7 Å². The number of carbonyl (C=O) groups excluding carboxylic acids is 1. The quantitative estimate of drug-likeness (QED) is 0.831. The maximum absolute atomic E-state index is 13.5. The van der Waals surface area contributed by atoms with Gasteiger partial charge in [-0.25, -0.2) is 0 Å². The van der Waals surface area contributed by atoms with Gasteiger partial charge in [0.05, 0.1) is 5.25 Å². The first-order chi connectivity index (χ1) is 12.7. The molecular weight excluding hydrogens is 342 g/mol. The van der Waals surface area contributed by atoms with E-state index in [1.54, 1.807) is 11.8 Å². The van der Waals surface area contributed by atoms with Crippen molar-refractivity contribution in [2.75, 3.05) is 20.1 Å². The van der Waals surface area contributed by atoms with Gasteiger partial charge in [-0.1, -0.05) is 18.2 Å². The van der Waals surface area contributed by atoms with Gasteiger partial charge in [-0.15, -0.1) is 11.8 Å². The highest BCUT2D eigenvalue weighted by Crippen LogP contribution is 2.38. The molecule has 0 unspecified atom stereocenters. The normalized spacial score (nSPS) is 20.7. The molecular formula is C21H25N3OS. The number of pyridine rings is 1. The Balaban J connectivity index is 1.53. The fraction of sp³-hybridized carbons (Fsp3) is 0.429. The minimum atomic E-state index is 0.00823. The number of fused-ring (bicyclic) bond motifs is 1. The number of hydrogen-bond acceptors (Lipinski definition) is 4. The van der Waals surface area contributed by atoms with E-state index in [9.17, 15) is 4.79 Å². The number of carbonyl (C=O) groups is 1. The minimum Gasteiger partial charge on any atom is -0.334 e. The second kappa shape index (κ2) is 7.80. The highest BCUT2D eigenvalue weighted by molar-refractivity contribution is 8.01. The first kappa shape index (κ1) is 17.6. The van der Waals surface area contributed by atoms with Gasteiger partial charge in [0.25, 0.3) is 0 Å². The first-order valence-electron chi connectivity index (χ1n) is 9.33. The van der Waals surface area contributed by atoms with E-state index in [0.717, 1.165) is 37.9 Å². The Labute approximate surface area is 159 Å². The van der Waals surface area contributed by atoms with Crippen LogP contribution in [0, 0.1) is 0 Å². The second-order valence-corrected chi connectivity index (χ2v) is 8.52. The second-order valence-electron chi connectivity index (χ2n) is 7.27. The molecule has 1 fully saturated rings. The summed E-state index contributed by atoms with van der Waals surface area (Å²) < 4.78 is 0. The topological polar surface area (TPSA) is 36.4 Å². The Morgan fingerprint density at radius 2 is 1.92 bits per heavy atom. The zero-order valence-corrected chi connectivity index (χ0v) is 16.0. The number of likely N-dealkylation sites (tertiary alicyclic amines) is 1. The molecule has 26 heavy (non-hydrogen) atoms. The molecule has 2 aliphatic rings. The molecule has 0 bridgehead atoms. The summed E-state index contributed by atoms with van der Waals surface area (Å²) in [6.07, 6.45) is 6.58. The molecule has 0 spiro atoms. The maximum Gasteiger partial charge on any atom is 0.236 e. The Bertz CT molecular complexity index is 734. The zero-order chi connectivity index (χ0) is 17.9. The fourth-order valence-corrected chi connectivity index (χ4v) is 5.15. The van der Waals surface area contributed by atoms with E-state index in [1.165, 1.54) is 10.5 Å². The smallest absolute Gasteiger partial charge is 0.236 e. The largest absolute Gasteiger partial charge is 0.334 e. The highest BCUT2D eigenvalue weighted by atomic mass is 32.2. The highest BCUT2D eigenvalue weighted by Gasteiger charge is 2.35. The zero-order valence-electron chi connectivity index (χ0n) is 15.2. The molecule has 2 aromatic rings. The number of piperidine rings is 1. The standard InChI is InChI=1S/C21H25N3OS/c1-23-12-8-18(9-13-23)24(15-16-6-10-22-11-7-16)21(25)20-14-17-4-2-3-5-19(17)26-20/h2-7,10-11,18,20H,8-9,12-15H2,1H3/t20-/m0/s1. The molecule has 0 aliphatic carbocycles. The molecule has 4 nitrogen and oxygen atoms in total. The Kier molecular flexibility index (Phi) is 5.27. The molecule has 3 heterocycles. The summed E-state index contributed by atoms with van der Waals surface area (Å²) in [5.41, 5.74) is 2.47. The minimum absolute atomic E-state index is 0.00823. The molecule has 0 radical (unpaired) electrons. The number of nitrogens with zero attached hydrogens (tertiary/aromatic N) is 3. The van der Waals surface area contributed by atoms with Crippen molar-refractivity contribution >= 4 is 17.7 Å². The molecule has 1 aromatic heterocycles. The van der Waals surface area contributed by atoms with E-state index in [2.05, 4.69) is 46.1 Å². The third kappa shape index (κ3) is 3.79. The van der Waals surface area contributed by atoms with Gasteiger partial charge in [0.15, 0.2) is 0 Å². The lowest BCUT2D eigenvalue weighted by Crippen LogP contribution is -2.48. The van der Waals surface area contributed by atoms with E-state index in [-0.39, 0.29) is 11.2 Å². The maximum atomic E-state index is 13.5. The third-order valence-electron chi connectivity index (χ3n) is 5.44. The van der Waals surface area contributed by atoms with Gasteiger partial charge in [0.1, 0.15) is 0 Å². The molecule has 1 amide bonds. The van der Waals surface area contributed by atoms with Gasteiger partial charge >= 0.3 is 0 Å². The van der Waals surface area contributed by atoms with E-state index < -0.39 is 0 Å². The van der Waals surface area contributed by atoms with Gasteiger partial charge in [0.2, 0.25) is 5.91 Å². The van der Waals surface area contributed by atoms with Crippen molar-refractivity contribution in [2.24, 2.45) is 0 Å². The summed E-state index contributed by atoms with van der Waals surface area (Å²) >= 11 is 1.73. The monoisotopic (exact) mass is 367 g/mol. The molecule has 0 saturated carbocycles. The van der Waals surface area contributed by atoms with Gasteiger partial charge in [0, 0.05) is 29.9 Å². The molecule has 1 aromatic carbocycles. The number of rotatable bonds is 4. The average molecular weight is 368 g/mol. The Morgan fingerprint density at radius 1 is 1.19 bits per heavy atom. The van der Waals surface area contributed by atoms with Crippen molar-refractivity contribution in [2.45, 2.75) is 42.0 Å². The van der Waals surface area contributed by atoms with Gasteiger partial charge in [-0.2, -0.15) is 0 Å². The lowest BCUT2D eigenvalue weighted by Gasteiger charge is -2.38. The van der Waals surface area contributed by atoms with Crippen molar-refractivity contribution in [3.05, 3.63) is 59.9 Å². The van der Waals surface area contributed by atoms with E-state index in [1.807, 2.05) is 24.5 Å². The molecule has 2 aliphatic heterocycles. The summed E-state index contributed by atoms with van der Waals surface area (Å²) in [5.74, 6) is 0.289. The van der Waals surface area contributed by atoms with Crippen LogP contribution in [-0.2, 0) is 17.8 Å². The van der Waals surface area contributed by atoms with Gasteiger partial charge in [-0.3, -0.25) is 9.78 Å². The number of amides is 1. The summed E-state index contributed by atoms with van der Waals surface area (Å²) in [5, 5.41) is 0.00823. The van der Waals surface area contributed by atoms with Crippen LogP contribution in [0.4, 0.5) is 0 Å². The van der Waals surface area contributed by atoms with Crippen molar-refractivity contribution in [1.29, 1.82) is 0 Å². The van der Waals surface area contributed by atoms with Crippen molar-refractivity contribution in [3.8, 4) is 0 Å². The van der Waals surface area contributed by atoms with Crippen LogP contribution in [0.15, 0.2) is 53.7 Å². The summed E-state index contributed by atoms with van der Waals surface area (Å²) in [6, 6.07) is 12.8. The Hall–Kier alpha value is -1.85. The summed E-state index contributed by atoms with van der Waals surface area (Å²) in [4.78, 5) is 23.3. The van der Waals surface area contributed by atoms with E-state index >= 15 is 0 Å². The predicted molar refractivity (Wildman–Crippen MR) is 105 cm³/mol. The van der Waals surface area contributed by atoms with Crippen molar-refractivity contribution < 1.29 is 4.79 Å². The number of hydrogen-bond donors (Lipinski definition) is 0. The molecule has 1 atom stereocenters. The number of aromatic nitrogens is 1. The van der Waals surface area contributed by atoms with Crippen molar-refractivity contribution in [1.82, 2.24) is 14.8 Å². The average Bonchev–Trinajstić information content (AvgIpc) is 3.11. The van der Waals surface area contributed by atoms with E-state index in [0.29, 0.717) is 12.6 Å². The summed E-state index contributed by atoms with van der Waals surface area (Å²) in [7, 11) is 2.16. The van der Waals surface area contributed by atoms with Crippen LogP contribution < -0.4 is 0 Å². The van der Waals surface area contributed by atoms with E-state index in [4.69, 9.17) is 0 Å². The summed E-state index contributed by atoms with van der Waals surface area (Å²) in [6.45, 7) is 2.80. The third-order valence-corrected chi connectivity index (χ3v) is 6.74. The lowest BCUT2D eigenvalue weighted by molar-refractivity contribution is -0.134. The van der Waals surface area contributed by atoms with Crippen LogP contribution >= 0.6 is 11.8 Å². The lowest BCUT2D eigenvalue weighted by atomic mass is 10.0. The molecule has 1 saturated heterocycles. The van der Waals surface area contributed by atoms with Gasteiger partial charge < -0.3 is 9.80 Å². The van der Waals surface area contributed by atoms with Crippen LogP contribution in [-0.4, -0.2) is 52.1 Å². The predicted octanol–water partition coefficient (Wildman–Crippen LogP) is 3.22. The van der Waals surface area contributed by atoms with Crippen LogP contribution in [0.25, 0.3) is 0 Å². The van der Waals surface area contributed by atoms with Crippen LogP contribution in [0.5, 0.6) is 0 Å². The fourth-order valence-electron chi connectivity index (χ4n) is 3.88. The van der Waals surface area contributed by atoms with Crippen LogP contribution in [0.3, 0.4) is 0 Å². The molecule has 136 valence electrons. The van der Waals surface area contributed by atoms with Crippen LogP contribution in [0.2, 0.25) is 0 Å². The molecule has 5 heteroatoms. The number of benzene rings is 1. The first-order valence-corrected chi connectivity index (χ1v) is 10.2. The number of thioether (sulfide) groups is 1. The molecule has 4 rings (SSSR count). The van der Waals surface area contributed by atoms with Crippen LogP contribution in [0.1, 0.15) is 24.0 Å².